The molecule has 4 unspecified atom stereocenters. The summed E-state index contributed by atoms with van der Waals surface area (Å²) >= 11 is 0. The molecule has 9 nitrogen and oxygen atoms in total. The van der Waals surface area contributed by atoms with Crippen LogP contribution in [-0.4, -0.2) is 71.8 Å². The minimum Gasteiger partial charge on any atom is -0.463 e. The van der Waals surface area contributed by atoms with E-state index in [1.165, 1.54) is 13.8 Å². The maximum Gasteiger partial charge on any atom is 0.312 e. The van der Waals surface area contributed by atoms with Gasteiger partial charge in [0.2, 0.25) is 5.91 Å². The van der Waals surface area contributed by atoms with E-state index in [4.69, 9.17) is 14.2 Å². The van der Waals surface area contributed by atoms with Crippen LogP contribution < -0.4 is 0 Å². The molecule has 0 bridgehead atoms. The standard InChI is InChI=1S/C21H35NO8/c1-6-18(30-16(4)24)11-21(5,10-14(2)22-9-7-8-19(22)26)20(27)29-13-17(25)12-28-15(3)23/h14,17-18,25H,6-13H2,1-5H3. The van der Waals surface area contributed by atoms with Crippen LogP contribution in [0.25, 0.3) is 0 Å². The van der Waals surface area contributed by atoms with Gasteiger partial charge in [-0.05, 0) is 33.1 Å². The van der Waals surface area contributed by atoms with E-state index in [1.807, 2.05) is 13.8 Å². The fourth-order valence-electron chi connectivity index (χ4n) is 3.76. The van der Waals surface area contributed by atoms with Gasteiger partial charge in [-0.2, -0.15) is 0 Å². The summed E-state index contributed by atoms with van der Waals surface area (Å²) < 4.78 is 15.4. The summed E-state index contributed by atoms with van der Waals surface area (Å²) in [6, 6.07) is -0.196. The number of likely N-dealkylation sites (tertiary alicyclic amines) is 1. The lowest BCUT2D eigenvalue weighted by Crippen LogP contribution is -2.43. The molecule has 4 atom stereocenters. The summed E-state index contributed by atoms with van der Waals surface area (Å²) in [7, 11) is 0. The van der Waals surface area contributed by atoms with Crippen LogP contribution in [0.15, 0.2) is 0 Å². The van der Waals surface area contributed by atoms with Gasteiger partial charge in [0.1, 0.15) is 25.4 Å². The van der Waals surface area contributed by atoms with Gasteiger partial charge >= 0.3 is 17.9 Å². The molecule has 0 aromatic carbocycles. The first-order chi connectivity index (χ1) is 14.0. The zero-order chi connectivity index (χ0) is 22.9. The molecule has 0 aromatic heterocycles. The van der Waals surface area contributed by atoms with Crippen LogP contribution in [0.1, 0.15) is 66.7 Å². The lowest BCUT2D eigenvalue weighted by atomic mass is 9.78. The Morgan fingerprint density at radius 3 is 2.27 bits per heavy atom. The van der Waals surface area contributed by atoms with Crippen molar-refractivity contribution >= 4 is 23.8 Å². The predicted octanol–water partition coefficient (Wildman–Crippen LogP) is 1.59. The summed E-state index contributed by atoms with van der Waals surface area (Å²) in [5.74, 6) is -1.48. The molecule has 1 amide bonds. The Balaban J connectivity index is 2.88. The van der Waals surface area contributed by atoms with Crippen molar-refractivity contribution in [3.05, 3.63) is 0 Å². The van der Waals surface area contributed by atoms with Gasteiger partial charge in [0.25, 0.3) is 0 Å². The van der Waals surface area contributed by atoms with Gasteiger partial charge in [-0.1, -0.05) is 6.92 Å². The van der Waals surface area contributed by atoms with Crippen molar-refractivity contribution in [2.45, 2.75) is 85.0 Å². The molecule has 30 heavy (non-hydrogen) atoms. The Labute approximate surface area is 178 Å². The van der Waals surface area contributed by atoms with Gasteiger partial charge in [0, 0.05) is 39.3 Å². The second-order valence-corrected chi connectivity index (χ2v) is 8.20. The number of aliphatic hydroxyl groups is 1. The third kappa shape index (κ3) is 8.30. The molecular weight excluding hydrogens is 394 g/mol. The molecule has 1 saturated heterocycles. The molecular formula is C21H35NO8. The fourth-order valence-corrected chi connectivity index (χ4v) is 3.76. The van der Waals surface area contributed by atoms with Crippen LogP contribution in [-0.2, 0) is 33.4 Å². The van der Waals surface area contributed by atoms with Crippen LogP contribution in [0.4, 0.5) is 0 Å². The number of ether oxygens (including phenoxy) is 3. The number of hydrogen-bond acceptors (Lipinski definition) is 8. The normalized spacial score (nSPS) is 18.9. The van der Waals surface area contributed by atoms with E-state index < -0.39 is 35.5 Å². The lowest BCUT2D eigenvalue weighted by molar-refractivity contribution is -0.166. The van der Waals surface area contributed by atoms with Gasteiger partial charge in [-0.3, -0.25) is 19.2 Å². The van der Waals surface area contributed by atoms with Crippen molar-refractivity contribution in [1.29, 1.82) is 0 Å². The molecule has 1 N–H and O–H groups in total. The fraction of sp³-hybridized carbons (Fsp3) is 0.810. The van der Waals surface area contributed by atoms with E-state index >= 15 is 0 Å². The second kappa shape index (κ2) is 11.9. The number of amides is 1. The average molecular weight is 430 g/mol. The van der Waals surface area contributed by atoms with Crippen molar-refractivity contribution in [2.75, 3.05) is 19.8 Å². The molecule has 1 heterocycles. The van der Waals surface area contributed by atoms with E-state index in [-0.39, 0.29) is 31.6 Å². The zero-order valence-electron chi connectivity index (χ0n) is 18.6. The number of carbonyl (C=O) groups is 4. The monoisotopic (exact) mass is 429 g/mol. The Morgan fingerprint density at radius 1 is 1.13 bits per heavy atom. The molecule has 0 radical (unpaired) electrons. The maximum atomic E-state index is 13.0. The highest BCUT2D eigenvalue weighted by molar-refractivity contribution is 5.79. The Kier molecular flexibility index (Phi) is 10.2. The van der Waals surface area contributed by atoms with E-state index in [2.05, 4.69) is 0 Å². The smallest absolute Gasteiger partial charge is 0.312 e. The quantitative estimate of drug-likeness (QED) is 0.367. The van der Waals surface area contributed by atoms with Gasteiger partial charge in [-0.15, -0.1) is 0 Å². The first-order valence-corrected chi connectivity index (χ1v) is 10.4. The molecule has 0 aromatic rings. The Morgan fingerprint density at radius 2 is 1.77 bits per heavy atom. The molecule has 172 valence electrons. The van der Waals surface area contributed by atoms with Crippen molar-refractivity contribution in [1.82, 2.24) is 4.90 Å². The predicted molar refractivity (Wildman–Crippen MR) is 107 cm³/mol. The largest absolute Gasteiger partial charge is 0.463 e. The molecule has 0 spiro atoms. The van der Waals surface area contributed by atoms with Gasteiger partial charge in [-0.25, -0.2) is 0 Å². The van der Waals surface area contributed by atoms with Crippen LogP contribution in [0, 0.1) is 5.41 Å². The number of esters is 3. The van der Waals surface area contributed by atoms with Gasteiger partial charge in [0.15, 0.2) is 0 Å². The van der Waals surface area contributed by atoms with Crippen LogP contribution in [0.5, 0.6) is 0 Å². The molecule has 0 saturated carbocycles. The zero-order valence-corrected chi connectivity index (χ0v) is 18.6. The van der Waals surface area contributed by atoms with Crippen molar-refractivity contribution < 1.29 is 38.5 Å². The summed E-state index contributed by atoms with van der Waals surface area (Å²) in [6.07, 6.45) is 0.747. The summed E-state index contributed by atoms with van der Waals surface area (Å²) in [4.78, 5) is 49.1. The summed E-state index contributed by atoms with van der Waals surface area (Å²) in [6.45, 7) is 8.04. The van der Waals surface area contributed by atoms with E-state index in [9.17, 15) is 24.3 Å². The van der Waals surface area contributed by atoms with Gasteiger partial charge in [0.05, 0.1) is 5.41 Å². The maximum absolute atomic E-state index is 13.0. The third-order valence-corrected chi connectivity index (χ3v) is 5.23. The van der Waals surface area contributed by atoms with Crippen molar-refractivity contribution in [3.63, 3.8) is 0 Å². The third-order valence-electron chi connectivity index (χ3n) is 5.23. The van der Waals surface area contributed by atoms with Crippen LogP contribution in [0.3, 0.4) is 0 Å². The number of hydrogen-bond donors (Lipinski definition) is 1. The highest BCUT2D eigenvalue weighted by atomic mass is 16.6. The second-order valence-electron chi connectivity index (χ2n) is 8.20. The van der Waals surface area contributed by atoms with E-state index in [0.29, 0.717) is 25.8 Å². The first kappa shape index (κ1) is 25.9. The first-order valence-electron chi connectivity index (χ1n) is 10.4. The van der Waals surface area contributed by atoms with E-state index in [1.54, 1.807) is 11.8 Å². The Bertz CT molecular complexity index is 622. The topological polar surface area (TPSA) is 119 Å². The molecule has 1 fully saturated rings. The molecule has 9 heteroatoms. The molecule has 1 rings (SSSR count). The minimum atomic E-state index is -1.14. The van der Waals surface area contributed by atoms with Gasteiger partial charge < -0.3 is 24.2 Å². The Hall–Kier alpha value is -2.16. The number of rotatable bonds is 12. The molecule has 1 aliphatic rings. The molecule has 1 aliphatic heterocycles. The van der Waals surface area contributed by atoms with Crippen LogP contribution in [0.2, 0.25) is 0 Å². The minimum absolute atomic E-state index is 0.0575. The highest BCUT2D eigenvalue weighted by Crippen LogP contribution is 2.35. The summed E-state index contributed by atoms with van der Waals surface area (Å²) in [5.41, 5.74) is -1.04. The summed E-state index contributed by atoms with van der Waals surface area (Å²) in [5, 5.41) is 9.87. The number of nitrogens with zero attached hydrogens (tertiary/aromatic N) is 1. The average Bonchev–Trinajstić information content (AvgIpc) is 3.09. The van der Waals surface area contributed by atoms with Crippen LogP contribution >= 0.6 is 0 Å². The lowest BCUT2D eigenvalue weighted by Gasteiger charge is -2.36. The van der Waals surface area contributed by atoms with Crippen molar-refractivity contribution in [3.8, 4) is 0 Å². The highest BCUT2D eigenvalue weighted by Gasteiger charge is 2.41. The SMILES string of the molecule is CCC(CC(C)(CC(C)N1CCCC1=O)C(=O)OCC(O)COC(C)=O)OC(C)=O. The number of aliphatic hydroxyl groups excluding tert-OH is 1. The van der Waals surface area contributed by atoms with E-state index in [0.717, 1.165) is 6.42 Å². The van der Waals surface area contributed by atoms with Crippen molar-refractivity contribution in [2.24, 2.45) is 5.41 Å². The number of carbonyl (C=O) groups excluding carboxylic acids is 4. The molecule has 0 aliphatic carbocycles.